The highest BCUT2D eigenvalue weighted by atomic mass is 15.4. The van der Waals surface area contributed by atoms with E-state index in [0.29, 0.717) is 5.41 Å². The van der Waals surface area contributed by atoms with E-state index in [1.807, 2.05) is 0 Å². The van der Waals surface area contributed by atoms with E-state index in [1.54, 1.807) is 0 Å². The third-order valence-electron chi connectivity index (χ3n) is 6.18. The Hall–Kier alpha value is -2.28. The lowest BCUT2D eigenvalue weighted by atomic mass is 9.86. The first-order valence-corrected chi connectivity index (χ1v) is 9.75. The van der Waals surface area contributed by atoms with Crippen LogP contribution in [0.1, 0.15) is 12.8 Å². The minimum absolute atomic E-state index is 0.387. The van der Waals surface area contributed by atoms with Crippen LogP contribution >= 0.6 is 0 Å². The van der Waals surface area contributed by atoms with Crippen molar-refractivity contribution in [2.45, 2.75) is 12.8 Å². The number of nitrogens with one attached hydrogen (secondary N) is 2. The zero-order valence-electron chi connectivity index (χ0n) is 15.2. The van der Waals surface area contributed by atoms with Gasteiger partial charge < -0.3 is 20.0 Å². The van der Waals surface area contributed by atoms with E-state index in [4.69, 9.17) is 0 Å². The maximum Gasteiger partial charge on any atom is 0.226 e. The number of rotatable bonds is 3. The Kier molecular flexibility index (Phi) is 3.96. The van der Waals surface area contributed by atoms with Gasteiger partial charge in [0.05, 0.1) is 0 Å². The number of benzene rings is 1. The third kappa shape index (κ3) is 2.90. The van der Waals surface area contributed by atoms with Crippen molar-refractivity contribution < 1.29 is 0 Å². The van der Waals surface area contributed by atoms with Gasteiger partial charge >= 0.3 is 0 Å². The molecule has 3 saturated heterocycles. The van der Waals surface area contributed by atoms with E-state index in [1.165, 1.54) is 18.5 Å². The topological polar surface area (TPSA) is 63.3 Å². The van der Waals surface area contributed by atoms with E-state index in [2.05, 4.69) is 65.5 Å². The number of hydrogen-bond acceptors (Lipinski definition) is 6. The smallest absolute Gasteiger partial charge is 0.226 e. The molecule has 1 aromatic carbocycles. The van der Waals surface area contributed by atoms with Crippen molar-refractivity contribution in [2.24, 2.45) is 5.41 Å². The summed E-state index contributed by atoms with van der Waals surface area (Å²) in [5.74, 6) is 1.85. The molecule has 3 aliphatic rings. The van der Waals surface area contributed by atoms with Crippen LogP contribution in [0, 0.1) is 5.41 Å². The monoisotopic (exact) mass is 353 g/mol. The summed E-state index contributed by atoms with van der Waals surface area (Å²) in [5, 5.41) is 12.2. The molecule has 1 spiro atoms. The summed E-state index contributed by atoms with van der Waals surface area (Å²) < 4.78 is 0. The average Bonchev–Trinajstić information content (AvgIpc) is 3.44. The lowest BCUT2D eigenvalue weighted by Gasteiger charge is -2.26. The van der Waals surface area contributed by atoms with Crippen molar-refractivity contribution >= 4 is 17.6 Å². The molecule has 0 bridgehead atoms. The van der Waals surface area contributed by atoms with Crippen LogP contribution in [-0.4, -0.2) is 67.5 Å². The Labute approximate surface area is 154 Å². The van der Waals surface area contributed by atoms with E-state index >= 15 is 0 Å². The predicted octanol–water partition coefficient (Wildman–Crippen LogP) is 1.32. The van der Waals surface area contributed by atoms with Crippen LogP contribution in [0.5, 0.6) is 0 Å². The Bertz CT molecular complexity index is 739. The molecular weight excluding hydrogens is 326 g/mol. The summed E-state index contributed by atoms with van der Waals surface area (Å²) in [5.41, 5.74) is 1.74. The van der Waals surface area contributed by atoms with E-state index in [-0.39, 0.29) is 0 Å². The van der Waals surface area contributed by atoms with Crippen LogP contribution in [0.4, 0.5) is 17.6 Å². The van der Waals surface area contributed by atoms with Crippen LogP contribution < -0.4 is 20.0 Å². The molecule has 3 aliphatic heterocycles. The molecule has 5 rings (SSSR count). The summed E-state index contributed by atoms with van der Waals surface area (Å²) in [6.45, 7) is 8.45. The first kappa shape index (κ1) is 15.9. The maximum atomic E-state index is 4.45. The highest BCUT2D eigenvalue weighted by Gasteiger charge is 2.44. The molecular formula is C19H27N7. The zero-order chi connectivity index (χ0) is 17.4. The number of nitrogens with zero attached hydrogens (tertiary/aromatic N) is 5. The normalized spacial score (nSPS) is 26.2. The molecule has 0 saturated carbocycles. The highest BCUT2D eigenvalue weighted by molar-refractivity contribution is 5.48. The lowest BCUT2D eigenvalue weighted by molar-refractivity contribution is 0.373. The fourth-order valence-corrected chi connectivity index (χ4v) is 4.65. The van der Waals surface area contributed by atoms with Crippen molar-refractivity contribution in [3.63, 3.8) is 0 Å². The minimum atomic E-state index is 0.387. The first-order chi connectivity index (χ1) is 12.8. The van der Waals surface area contributed by atoms with Crippen LogP contribution in [0.3, 0.4) is 0 Å². The molecule has 1 aromatic heterocycles. The van der Waals surface area contributed by atoms with Crippen LogP contribution in [0.25, 0.3) is 0 Å². The predicted molar refractivity (Wildman–Crippen MR) is 104 cm³/mol. The second kappa shape index (κ2) is 6.46. The van der Waals surface area contributed by atoms with Gasteiger partial charge in [-0.25, -0.2) is 0 Å². The maximum absolute atomic E-state index is 4.45. The molecule has 138 valence electrons. The van der Waals surface area contributed by atoms with Crippen LogP contribution in [0.15, 0.2) is 30.3 Å². The van der Waals surface area contributed by atoms with E-state index < -0.39 is 0 Å². The summed E-state index contributed by atoms with van der Waals surface area (Å²) in [7, 11) is 0. The number of anilines is 3. The molecule has 26 heavy (non-hydrogen) atoms. The van der Waals surface area contributed by atoms with Crippen LogP contribution in [-0.2, 0) is 0 Å². The number of H-pyrrole nitrogens is 1. The van der Waals surface area contributed by atoms with E-state index in [0.717, 1.165) is 64.3 Å². The van der Waals surface area contributed by atoms with Gasteiger partial charge in [-0.05, 0) is 25.0 Å². The quantitative estimate of drug-likeness (QED) is 0.868. The molecule has 2 N–H and O–H groups in total. The van der Waals surface area contributed by atoms with Gasteiger partial charge in [0.25, 0.3) is 0 Å². The van der Waals surface area contributed by atoms with Gasteiger partial charge in [0.15, 0.2) is 0 Å². The fourth-order valence-electron chi connectivity index (χ4n) is 4.65. The Morgan fingerprint density at radius 2 is 1.42 bits per heavy atom. The second-order valence-corrected chi connectivity index (χ2v) is 7.89. The van der Waals surface area contributed by atoms with E-state index in [9.17, 15) is 0 Å². The third-order valence-corrected chi connectivity index (χ3v) is 6.18. The van der Waals surface area contributed by atoms with Crippen LogP contribution in [0.2, 0.25) is 0 Å². The van der Waals surface area contributed by atoms with Crippen molar-refractivity contribution in [1.29, 1.82) is 0 Å². The van der Waals surface area contributed by atoms with Crippen molar-refractivity contribution in [1.82, 2.24) is 20.5 Å². The lowest BCUT2D eigenvalue weighted by Crippen LogP contribution is -2.44. The average molecular weight is 353 g/mol. The highest BCUT2D eigenvalue weighted by Crippen LogP contribution is 2.41. The molecule has 7 nitrogen and oxygen atoms in total. The summed E-state index contributed by atoms with van der Waals surface area (Å²) in [6.07, 6.45) is 2.50. The van der Waals surface area contributed by atoms with Gasteiger partial charge in [0.1, 0.15) is 0 Å². The molecule has 4 heterocycles. The second-order valence-electron chi connectivity index (χ2n) is 7.89. The first-order valence-electron chi connectivity index (χ1n) is 9.75. The fraction of sp³-hybridized carbons (Fsp3) is 0.579. The number of hydrogen-bond donors (Lipinski definition) is 2. The van der Waals surface area contributed by atoms with Gasteiger partial charge in [0.2, 0.25) is 11.9 Å². The summed E-state index contributed by atoms with van der Waals surface area (Å²) >= 11 is 0. The Morgan fingerprint density at radius 3 is 2.19 bits per heavy atom. The molecule has 7 heteroatoms. The Morgan fingerprint density at radius 1 is 0.769 bits per heavy atom. The molecule has 0 radical (unpaired) electrons. The molecule has 1 atom stereocenters. The largest absolute Gasteiger partial charge is 0.371 e. The number of para-hydroxylation sites is 1. The van der Waals surface area contributed by atoms with Crippen molar-refractivity contribution in [2.75, 3.05) is 67.1 Å². The van der Waals surface area contributed by atoms with Crippen molar-refractivity contribution in [3.05, 3.63) is 30.3 Å². The van der Waals surface area contributed by atoms with Gasteiger partial charge in [-0.15, -0.1) is 10.2 Å². The minimum Gasteiger partial charge on any atom is -0.371 e. The molecule has 0 amide bonds. The van der Waals surface area contributed by atoms with Gasteiger partial charge in [-0.3, -0.25) is 4.98 Å². The zero-order valence-corrected chi connectivity index (χ0v) is 15.2. The Balaban J connectivity index is 1.25. The number of piperazine rings is 1. The number of aromatic amines is 1. The van der Waals surface area contributed by atoms with Gasteiger partial charge in [-0.2, -0.15) is 0 Å². The van der Waals surface area contributed by atoms with Crippen molar-refractivity contribution in [3.8, 4) is 0 Å². The molecule has 3 fully saturated rings. The molecule has 1 unspecified atom stereocenters. The molecule has 2 aromatic rings. The van der Waals surface area contributed by atoms with Gasteiger partial charge in [0, 0.05) is 63.5 Å². The standard InChI is InChI=1S/C19H27N7/c1-2-4-16(5-3-1)25-10-6-19(14-25)7-11-26(15-19)18-21-17(22-23-18)24-12-8-20-9-13-24/h1-5,20H,6-15H2,(H,21,22,23). The SMILES string of the molecule is c1ccc(N2CCC3(CCN(c4nnc(N5CCNCC5)[nH]4)C3)C2)cc1. The van der Waals surface area contributed by atoms with Gasteiger partial charge in [-0.1, -0.05) is 18.2 Å². The summed E-state index contributed by atoms with van der Waals surface area (Å²) in [4.78, 5) is 10.7. The number of aromatic nitrogens is 3. The molecule has 0 aliphatic carbocycles. The summed E-state index contributed by atoms with van der Waals surface area (Å²) in [6, 6.07) is 10.8.